The maximum absolute atomic E-state index is 13.1. The van der Waals surface area contributed by atoms with Crippen molar-refractivity contribution in [1.82, 2.24) is 19.9 Å². The predicted octanol–water partition coefficient (Wildman–Crippen LogP) is 3.81. The van der Waals surface area contributed by atoms with Crippen molar-refractivity contribution in [2.75, 3.05) is 31.1 Å². The van der Waals surface area contributed by atoms with Crippen LogP contribution in [0.15, 0.2) is 52.7 Å². The van der Waals surface area contributed by atoms with E-state index < -0.39 is 0 Å². The largest absolute Gasteiger partial charge is 0.444 e. The van der Waals surface area contributed by atoms with Gasteiger partial charge in [0.15, 0.2) is 0 Å². The maximum atomic E-state index is 13.1. The zero-order chi connectivity index (χ0) is 18.9. The highest BCUT2D eigenvalue weighted by molar-refractivity contribution is 7.16. The number of nitrogens with zero attached hydrogens (tertiary/aromatic N) is 5. The molecule has 1 saturated heterocycles. The molecule has 0 N–H and O–H groups in total. The molecular formula is C20H18FN5OS. The molecule has 0 amide bonds. The van der Waals surface area contributed by atoms with Crippen LogP contribution in [0.1, 0.15) is 5.69 Å². The summed E-state index contributed by atoms with van der Waals surface area (Å²) in [5.41, 5.74) is 1.66. The van der Waals surface area contributed by atoms with Crippen LogP contribution in [-0.4, -0.2) is 46.0 Å². The van der Waals surface area contributed by atoms with Crippen molar-refractivity contribution in [3.8, 4) is 11.5 Å². The van der Waals surface area contributed by atoms with Crippen LogP contribution in [0, 0.1) is 5.82 Å². The average Bonchev–Trinajstić information content (AvgIpc) is 3.38. The lowest BCUT2D eigenvalue weighted by Gasteiger charge is -2.35. The number of halogens is 1. The summed E-state index contributed by atoms with van der Waals surface area (Å²) < 4.78 is 18.6. The highest BCUT2D eigenvalue weighted by Gasteiger charge is 2.21. The van der Waals surface area contributed by atoms with Crippen LogP contribution >= 0.6 is 11.3 Å². The molecule has 4 heterocycles. The fraction of sp³-hybridized carbons (Fsp3) is 0.250. The molecule has 4 aromatic rings. The Morgan fingerprint density at radius 1 is 1.04 bits per heavy atom. The van der Waals surface area contributed by atoms with E-state index in [2.05, 4.69) is 36.2 Å². The molecule has 0 saturated carbocycles. The molecule has 1 aliphatic heterocycles. The molecule has 0 aliphatic carbocycles. The molecule has 3 aromatic heterocycles. The van der Waals surface area contributed by atoms with E-state index in [0.29, 0.717) is 5.89 Å². The number of aromatic nitrogens is 3. The van der Waals surface area contributed by atoms with E-state index in [1.54, 1.807) is 36.1 Å². The van der Waals surface area contributed by atoms with Gasteiger partial charge in [-0.25, -0.2) is 19.3 Å². The van der Waals surface area contributed by atoms with Gasteiger partial charge in [0, 0.05) is 38.3 Å². The zero-order valence-electron chi connectivity index (χ0n) is 15.1. The van der Waals surface area contributed by atoms with Crippen molar-refractivity contribution in [1.29, 1.82) is 0 Å². The second-order valence-corrected chi connectivity index (χ2v) is 7.65. The molecule has 6 nitrogen and oxygen atoms in total. The van der Waals surface area contributed by atoms with Crippen molar-refractivity contribution in [2.45, 2.75) is 6.54 Å². The summed E-state index contributed by atoms with van der Waals surface area (Å²) in [5.74, 6) is 1.28. The molecule has 1 aliphatic rings. The summed E-state index contributed by atoms with van der Waals surface area (Å²) in [5, 5.41) is 3.18. The van der Waals surface area contributed by atoms with Crippen molar-refractivity contribution in [2.24, 2.45) is 0 Å². The number of piperazine rings is 1. The summed E-state index contributed by atoms with van der Waals surface area (Å²) in [4.78, 5) is 19.1. The van der Waals surface area contributed by atoms with Gasteiger partial charge in [0.05, 0.1) is 11.1 Å². The lowest BCUT2D eigenvalue weighted by molar-refractivity contribution is 0.246. The van der Waals surface area contributed by atoms with E-state index in [-0.39, 0.29) is 5.82 Å². The quantitative estimate of drug-likeness (QED) is 0.524. The van der Waals surface area contributed by atoms with Gasteiger partial charge in [0.2, 0.25) is 5.89 Å². The highest BCUT2D eigenvalue weighted by Crippen LogP contribution is 2.27. The van der Waals surface area contributed by atoms with Crippen LogP contribution in [0.5, 0.6) is 0 Å². The molecule has 8 heteroatoms. The van der Waals surface area contributed by atoms with Gasteiger partial charge >= 0.3 is 0 Å². The molecule has 5 rings (SSSR count). The molecule has 0 spiro atoms. The van der Waals surface area contributed by atoms with Gasteiger partial charge in [-0.2, -0.15) is 0 Å². The predicted molar refractivity (Wildman–Crippen MR) is 107 cm³/mol. The van der Waals surface area contributed by atoms with Gasteiger partial charge in [0.1, 0.15) is 29.1 Å². The number of anilines is 1. The number of oxazole rings is 1. The summed E-state index contributed by atoms with van der Waals surface area (Å²) in [6, 6.07) is 8.27. The smallest absolute Gasteiger partial charge is 0.226 e. The van der Waals surface area contributed by atoms with E-state index in [1.165, 1.54) is 12.1 Å². The molecule has 28 heavy (non-hydrogen) atoms. The third kappa shape index (κ3) is 3.36. The lowest BCUT2D eigenvalue weighted by atomic mass is 10.2. The van der Waals surface area contributed by atoms with E-state index in [4.69, 9.17) is 4.42 Å². The molecule has 0 bridgehead atoms. The van der Waals surface area contributed by atoms with Gasteiger partial charge in [-0.1, -0.05) is 0 Å². The first kappa shape index (κ1) is 17.3. The molecule has 0 radical (unpaired) electrons. The van der Waals surface area contributed by atoms with Crippen molar-refractivity contribution in [3.05, 3.63) is 59.8 Å². The SMILES string of the molecule is Fc1ccc(-c2nc(CN3CCN(c4ncnc5sccc45)CC3)co2)cc1. The van der Waals surface area contributed by atoms with Gasteiger partial charge in [-0.15, -0.1) is 11.3 Å². The maximum Gasteiger partial charge on any atom is 0.226 e. The second kappa shape index (κ2) is 7.29. The minimum Gasteiger partial charge on any atom is -0.444 e. The number of hydrogen-bond acceptors (Lipinski definition) is 7. The molecule has 1 aromatic carbocycles. The minimum absolute atomic E-state index is 0.267. The van der Waals surface area contributed by atoms with Gasteiger partial charge in [-0.05, 0) is 35.7 Å². The Hall–Kier alpha value is -2.84. The zero-order valence-corrected chi connectivity index (χ0v) is 15.9. The summed E-state index contributed by atoms with van der Waals surface area (Å²) in [6.07, 6.45) is 3.33. The first-order valence-electron chi connectivity index (χ1n) is 9.12. The van der Waals surface area contributed by atoms with Crippen LogP contribution < -0.4 is 4.90 Å². The Bertz CT molecular complexity index is 1090. The molecule has 0 atom stereocenters. The minimum atomic E-state index is -0.267. The number of rotatable bonds is 4. The van der Waals surface area contributed by atoms with E-state index in [9.17, 15) is 4.39 Å². The topological polar surface area (TPSA) is 58.3 Å². The number of benzene rings is 1. The third-order valence-electron chi connectivity index (χ3n) is 4.94. The van der Waals surface area contributed by atoms with Crippen molar-refractivity contribution in [3.63, 3.8) is 0 Å². The molecule has 0 unspecified atom stereocenters. The molecular weight excluding hydrogens is 377 g/mol. The first-order valence-corrected chi connectivity index (χ1v) is 10.00. The van der Waals surface area contributed by atoms with E-state index in [0.717, 1.165) is 60.0 Å². The van der Waals surface area contributed by atoms with Crippen LogP contribution in [0.3, 0.4) is 0 Å². The average molecular weight is 395 g/mol. The Morgan fingerprint density at radius 3 is 2.68 bits per heavy atom. The van der Waals surface area contributed by atoms with Crippen LogP contribution in [0.2, 0.25) is 0 Å². The third-order valence-corrected chi connectivity index (χ3v) is 5.76. The van der Waals surface area contributed by atoms with Gasteiger partial charge < -0.3 is 9.32 Å². The fourth-order valence-electron chi connectivity index (χ4n) is 3.48. The molecule has 1 fully saturated rings. The van der Waals surface area contributed by atoms with Crippen LogP contribution in [0.25, 0.3) is 21.7 Å². The standard InChI is InChI=1S/C20H18FN5OS/c21-15-3-1-14(2-4-15)19-24-16(12-27-19)11-25-6-8-26(9-7-25)18-17-5-10-28-20(17)23-13-22-18/h1-5,10,12-13H,6-9,11H2. The summed E-state index contributed by atoms with van der Waals surface area (Å²) in [7, 11) is 0. The lowest BCUT2D eigenvalue weighted by Crippen LogP contribution is -2.46. The van der Waals surface area contributed by atoms with E-state index >= 15 is 0 Å². The highest BCUT2D eigenvalue weighted by atomic mass is 32.1. The number of hydrogen-bond donors (Lipinski definition) is 0. The Kier molecular flexibility index (Phi) is 4.50. The number of fused-ring (bicyclic) bond motifs is 1. The Labute approximate surface area is 165 Å². The van der Waals surface area contributed by atoms with Gasteiger partial charge in [-0.3, -0.25) is 4.90 Å². The first-order chi connectivity index (χ1) is 13.8. The number of thiophene rings is 1. The molecule has 142 valence electrons. The van der Waals surface area contributed by atoms with Crippen LogP contribution in [0.4, 0.5) is 10.2 Å². The van der Waals surface area contributed by atoms with Crippen LogP contribution in [-0.2, 0) is 6.54 Å². The van der Waals surface area contributed by atoms with Crippen molar-refractivity contribution < 1.29 is 8.81 Å². The Morgan fingerprint density at radius 2 is 1.86 bits per heavy atom. The fourth-order valence-corrected chi connectivity index (χ4v) is 4.21. The Balaban J connectivity index is 1.23. The van der Waals surface area contributed by atoms with E-state index in [1.807, 2.05) is 0 Å². The monoisotopic (exact) mass is 395 g/mol. The van der Waals surface area contributed by atoms with Gasteiger partial charge in [0.25, 0.3) is 0 Å². The van der Waals surface area contributed by atoms with Crippen molar-refractivity contribution >= 4 is 27.4 Å². The normalized spacial score (nSPS) is 15.4. The second-order valence-electron chi connectivity index (χ2n) is 6.75. The summed E-state index contributed by atoms with van der Waals surface area (Å²) in [6.45, 7) is 4.40. The summed E-state index contributed by atoms with van der Waals surface area (Å²) >= 11 is 1.64.